The summed E-state index contributed by atoms with van der Waals surface area (Å²) in [5.41, 5.74) is 1.61. The first-order chi connectivity index (χ1) is 9.57. The van der Waals surface area contributed by atoms with E-state index < -0.39 is 5.54 Å². The van der Waals surface area contributed by atoms with Crippen molar-refractivity contribution in [1.82, 2.24) is 0 Å². The second kappa shape index (κ2) is 6.37. The van der Waals surface area contributed by atoms with Crippen molar-refractivity contribution < 1.29 is 14.9 Å². The summed E-state index contributed by atoms with van der Waals surface area (Å²) in [7, 11) is 0. The van der Waals surface area contributed by atoms with Crippen LogP contribution in [0.15, 0.2) is 29.3 Å². The third kappa shape index (κ3) is 3.58. The molecular formula is C16H23NO3. The van der Waals surface area contributed by atoms with Crippen molar-refractivity contribution in [2.75, 3.05) is 19.8 Å². The molecule has 1 aliphatic heterocycles. The molecule has 0 unspecified atom stereocenters. The topological polar surface area (TPSA) is 62.1 Å². The smallest absolute Gasteiger partial charge is 0.188 e. The van der Waals surface area contributed by atoms with Gasteiger partial charge in [0.1, 0.15) is 12.1 Å². The number of aliphatic imine (C=N–C) groups is 1. The van der Waals surface area contributed by atoms with Gasteiger partial charge in [-0.15, -0.1) is 0 Å². The molecule has 0 radical (unpaired) electrons. The van der Waals surface area contributed by atoms with E-state index >= 15 is 0 Å². The minimum absolute atomic E-state index is 0.194. The fourth-order valence-corrected chi connectivity index (χ4v) is 2.29. The molecule has 0 fully saturated rings. The molecule has 0 aliphatic carbocycles. The highest BCUT2D eigenvalue weighted by Gasteiger charge is 2.35. The molecule has 0 bridgehead atoms. The van der Waals surface area contributed by atoms with Crippen molar-refractivity contribution in [3.63, 3.8) is 0 Å². The van der Waals surface area contributed by atoms with Crippen LogP contribution in [0.5, 0.6) is 0 Å². The number of rotatable bonds is 6. The molecule has 0 spiro atoms. The molecule has 0 saturated heterocycles. The van der Waals surface area contributed by atoms with E-state index in [2.05, 4.69) is 43.1 Å². The maximum absolute atomic E-state index is 9.27. The fourth-order valence-electron chi connectivity index (χ4n) is 2.29. The number of ether oxygens (including phenoxy) is 1. The molecule has 0 amide bonds. The highest BCUT2D eigenvalue weighted by molar-refractivity contribution is 5.80. The van der Waals surface area contributed by atoms with Crippen molar-refractivity contribution in [3.8, 4) is 0 Å². The second-order valence-electron chi connectivity index (χ2n) is 5.93. The molecular weight excluding hydrogens is 254 g/mol. The Labute approximate surface area is 120 Å². The quantitative estimate of drug-likeness (QED) is 0.830. The highest BCUT2D eigenvalue weighted by Crippen LogP contribution is 2.20. The van der Waals surface area contributed by atoms with Gasteiger partial charge in [-0.25, -0.2) is 4.99 Å². The zero-order chi connectivity index (χ0) is 14.6. The molecule has 1 aliphatic rings. The van der Waals surface area contributed by atoms with Gasteiger partial charge in [-0.3, -0.25) is 0 Å². The molecule has 0 atom stereocenters. The lowest BCUT2D eigenvalue weighted by atomic mass is 10.0. The average molecular weight is 277 g/mol. The van der Waals surface area contributed by atoms with Gasteiger partial charge in [0.2, 0.25) is 0 Å². The summed E-state index contributed by atoms with van der Waals surface area (Å²) in [5, 5.41) is 18.5. The summed E-state index contributed by atoms with van der Waals surface area (Å²) in [4.78, 5) is 4.32. The lowest BCUT2D eigenvalue weighted by molar-refractivity contribution is 0.0973. The summed E-state index contributed by atoms with van der Waals surface area (Å²) < 4.78 is 5.48. The van der Waals surface area contributed by atoms with Crippen LogP contribution in [-0.2, 0) is 17.6 Å². The van der Waals surface area contributed by atoms with E-state index in [4.69, 9.17) is 4.74 Å². The van der Waals surface area contributed by atoms with Crippen LogP contribution in [-0.4, -0.2) is 41.5 Å². The van der Waals surface area contributed by atoms with Gasteiger partial charge in [-0.2, -0.15) is 0 Å². The Morgan fingerprint density at radius 1 is 1.15 bits per heavy atom. The van der Waals surface area contributed by atoms with Gasteiger partial charge < -0.3 is 14.9 Å². The van der Waals surface area contributed by atoms with Crippen molar-refractivity contribution in [3.05, 3.63) is 35.4 Å². The van der Waals surface area contributed by atoms with E-state index in [0.717, 1.165) is 12.0 Å². The van der Waals surface area contributed by atoms with E-state index in [1.807, 2.05) is 0 Å². The summed E-state index contributed by atoms with van der Waals surface area (Å²) >= 11 is 0. The Morgan fingerprint density at radius 2 is 1.75 bits per heavy atom. The Hall–Kier alpha value is -1.39. The molecule has 110 valence electrons. The summed E-state index contributed by atoms with van der Waals surface area (Å²) in [6.45, 7) is 4.28. The minimum atomic E-state index is -0.854. The Balaban J connectivity index is 2.00. The van der Waals surface area contributed by atoms with Gasteiger partial charge in [0.15, 0.2) is 5.90 Å². The van der Waals surface area contributed by atoms with E-state index in [1.54, 1.807) is 0 Å². The van der Waals surface area contributed by atoms with Crippen LogP contribution >= 0.6 is 0 Å². The maximum atomic E-state index is 9.27. The molecule has 2 rings (SSSR count). The van der Waals surface area contributed by atoms with Gasteiger partial charge in [0, 0.05) is 6.42 Å². The van der Waals surface area contributed by atoms with Crippen molar-refractivity contribution in [2.45, 2.75) is 32.2 Å². The predicted octanol–water partition coefficient (Wildman–Crippen LogP) is 1.58. The molecule has 1 heterocycles. The van der Waals surface area contributed by atoms with Crippen molar-refractivity contribution in [1.29, 1.82) is 0 Å². The number of aliphatic hydroxyl groups is 2. The largest absolute Gasteiger partial charge is 0.478 e. The number of hydrogen-bond acceptors (Lipinski definition) is 4. The summed E-state index contributed by atoms with van der Waals surface area (Å²) in [5.74, 6) is 1.24. The van der Waals surface area contributed by atoms with E-state index in [1.165, 1.54) is 5.56 Å². The first-order valence-corrected chi connectivity index (χ1v) is 7.08. The Bertz CT molecular complexity index is 461. The number of nitrogens with zero attached hydrogens (tertiary/aromatic N) is 1. The van der Waals surface area contributed by atoms with E-state index in [9.17, 15) is 10.2 Å². The standard InChI is InChI=1S/C16H23NO3/c1-12(2)7-13-3-5-14(6-4-13)8-15-17-16(9-18,10-19)11-20-15/h3-6,12,18-19H,7-11H2,1-2H3. The van der Waals surface area contributed by atoms with Gasteiger partial charge in [0.05, 0.1) is 13.2 Å². The minimum Gasteiger partial charge on any atom is -0.478 e. The predicted molar refractivity (Wildman–Crippen MR) is 79.0 cm³/mol. The highest BCUT2D eigenvalue weighted by atomic mass is 16.5. The SMILES string of the molecule is CC(C)Cc1ccc(CC2=NC(CO)(CO)CO2)cc1. The molecule has 0 saturated carbocycles. The van der Waals surface area contributed by atoms with Gasteiger partial charge >= 0.3 is 0 Å². The number of aliphatic hydroxyl groups excluding tert-OH is 2. The fraction of sp³-hybridized carbons (Fsp3) is 0.562. The van der Waals surface area contributed by atoms with Crippen LogP contribution in [0.1, 0.15) is 25.0 Å². The third-order valence-electron chi connectivity index (χ3n) is 3.48. The van der Waals surface area contributed by atoms with Crippen LogP contribution in [0.3, 0.4) is 0 Å². The van der Waals surface area contributed by atoms with Crippen LogP contribution in [0.2, 0.25) is 0 Å². The first-order valence-electron chi connectivity index (χ1n) is 7.08. The lowest BCUT2D eigenvalue weighted by Crippen LogP contribution is -2.37. The van der Waals surface area contributed by atoms with Crippen LogP contribution in [0.4, 0.5) is 0 Å². The van der Waals surface area contributed by atoms with Crippen molar-refractivity contribution >= 4 is 5.90 Å². The third-order valence-corrected chi connectivity index (χ3v) is 3.48. The molecule has 1 aromatic rings. The van der Waals surface area contributed by atoms with Crippen LogP contribution in [0.25, 0.3) is 0 Å². The van der Waals surface area contributed by atoms with Gasteiger partial charge in [-0.1, -0.05) is 38.1 Å². The normalized spacial score (nSPS) is 17.1. The molecule has 4 heteroatoms. The van der Waals surface area contributed by atoms with E-state index in [-0.39, 0.29) is 19.8 Å². The van der Waals surface area contributed by atoms with E-state index in [0.29, 0.717) is 18.2 Å². The van der Waals surface area contributed by atoms with Crippen LogP contribution in [0, 0.1) is 5.92 Å². The molecule has 2 N–H and O–H groups in total. The zero-order valence-corrected chi connectivity index (χ0v) is 12.2. The zero-order valence-electron chi connectivity index (χ0n) is 12.2. The maximum Gasteiger partial charge on any atom is 0.188 e. The van der Waals surface area contributed by atoms with Crippen molar-refractivity contribution in [2.24, 2.45) is 10.9 Å². The Morgan fingerprint density at radius 3 is 2.25 bits per heavy atom. The second-order valence-corrected chi connectivity index (χ2v) is 5.93. The number of hydrogen-bond donors (Lipinski definition) is 2. The summed E-state index contributed by atoms with van der Waals surface area (Å²) in [6, 6.07) is 8.44. The van der Waals surface area contributed by atoms with Gasteiger partial charge in [0.25, 0.3) is 0 Å². The molecule has 0 aromatic heterocycles. The molecule has 4 nitrogen and oxygen atoms in total. The number of benzene rings is 1. The Kier molecular flexibility index (Phi) is 4.78. The van der Waals surface area contributed by atoms with Gasteiger partial charge in [-0.05, 0) is 23.5 Å². The summed E-state index contributed by atoms with van der Waals surface area (Å²) in [6.07, 6.45) is 1.68. The van der Waals surface area contributed by atoms with Crippen LogP contribution < -0.4 is 0 Å². The average Bonchev–Trinajstić information content (AvgIpc) is 2.84. The molecule has 20 heavy (non-hydrogen) atoms. The molecule has 1 aromatic carbocycles. The lowest BCUT2D eigenvalue weighted by Gasteiger charge is -2.16. The monoisotopic (exact) mass is 277 g/mol. The first kappa shape index (κ1) is 15.0.